The van der Waals surface area contributed by atoms with Gasteiger partial charge in [0.2, 0.25) is 0 Å². The summed E-state index contributed by atoms with van der Waals surface area (Å²) in [4.78, 5) is 11.5. The molecule has 0 radical (unpaired) electrons. The fraction of sp³-hybridized carbons (Fsp3) is 0.235. The molecule has 114 valence electrons. The van der Waals surface area contributed by atoms with Gasteiger partial charge >= 0.3 is 0 Å². The molecule has 3 atom stereocenters. The van der Waals surface area contributed by atoms with Gasteiger partial charge in [-0.05, 0) is 36.8 Å². The second-order valence-electron chi connectivity index (χ2n) is 5.61. The van der Waals surface area contributed by atoms with Gasteiger partial charge in [0.1, 0.15) is 6.29 Å². The van der Waals surface area contributed by atoms with Gasteiger partial charge in [-0.2, -0.15) is 0 Å². The first-order chi connectivity index (χ1) is 10.4. The Morgan fingerprint density at radius 2 is 1.59 bits per heavy atom. The van der Waals surface area contributed by atoms with Crippen LogP contribution in [0.5, 0.6) is 0 Å². The van der Waals surface area contributed by atoms with Crippen LogP contribution in [0.2, 0.25) is 5.02 Å². The Bertz CT molecular complexity index is 795. The first-order valence-corrected chi connectivity index (χ1v) is 8.89. The second-order valence-corrected chi connectivity index (χ2v) is 8.16. The van der Waals surface area contributed by atoms with E-state index in [2.05, 4.69) is 0 Å². The van der Waals surface area contributed by atoms with Crippen LogP contribution in [0, 0.1) is 12.8 Å². The van der Waals surface area contributed by atoms with Crippen LogP contribution < -0.4 is 0 Å². The summed E-state index contributed by atoms with van der Waals surface area (Å²) in [5.41, 5.74) is 1.99. The minimum Gasteiger partial charge on any atom is -0.303 e. The lowest BCUT2D eigenvalue weighted by atomic mass is 10.1. The second kappa shape index (κ2) is 5.52. The van der Waals surface area contributed by atoms with Gasteiger partial charge in [-0.1, -0.05) is 41.4 Å². The number of aryl methyl sites for hydroxylation is 1. The van der Waals surface area contributed by atoms with Crippen molar-refractivity contribution in [1.82, 2.24) is 0 Å². The molecule has 0 heterocycles. The molecule has 1 saturated carbocycles. The quantitative estimate of drug-likeness (QED) is 0.805. The summed E-state index contributed by atoms with van der Waals surface area (Å²) in [6, 6.07) is 13.7. The first kappa shape index (κ1) is 15.3. The van der Waals surface area contributed by atoms with Crippen molar-refractivity contribution in [2.75, 3.05) is 0 Å². The van der Waals surface area contributed by atoms with Crippen LogP contribution in [0.3, 0.4) is 0 Å². The summed E-state index contributed by atoms with van der Waals surface area (Å²) < 4.78 is 25.4. The summed E-state index contributed by atoms with van der Waals surface area (Å²) >= 11 is 5.80. The highest BCUT2D eigenvalue weighted by molar-refractivity contribution is 7.92. The lowest BCUT2D eigenvalue weighted by Gasteiger charge is -2.04. The lowest BCUT2D eigenvalue weighted by Crippen LogP contribution is -2.11. The number of aldehydes is 1. The number of carbonyl (C=O) groups excluding carboxylic acids is 1. The maximum absolute atomic E-state index is 12.7. The smallest absolute Gasteiger partial charge is 0.182 e. The van der Waals surface area contributed by atoms with E-state index in [1.807, 2.05) is 31.2 Å². The molecule has 2 aromatic carbocycles. The van der Waals surface area contributed by atoms with Crippen molar-refractivity contribution >= 4 is 27.7 Å². The van der Waals surface area contributed by atoms with E-state index < -0.39 is 21.0 Å². The minimum atomic E-state index is -3.54. The van der Waals surface area contributed by atoms with E-state index in [0.717, 1.165) is 17.4 Å². The number of halogens is 1. The number of hydrogen-bond acceptors (Lipinski definition) is 3. The fourth-order valence-electron chi connectivity index (χ4n) is 2.85. The van der Waals surface area contributed by atoms with Crippen LogP contribution in [0.25, 0.3) is 0 Å². The molecular formula is C17H15ClO3S. The van der Waals surface area contributed by atoms with Gasteiger partial charge < -0.3 is 4.79 Å². The molecule has 1 fully saturated rings. The lowest BCUT2D eigenvalue weighted by molar-refractivity contribution is -0.108. The van der Waals surface area contributed by atoms with Crippen molar-refractivity contribution in [2.24, 2.45) is 5.92 Å². The van der Waals surface area contributed by atoms with Crippen molar-refractivity contribution in [3.63, 3.8) is 0 Å². The zero-order valence-corrected chi connectivity index (χ0v) is 13.5. The molecule has 0 aliphatic heterocycles. The van der Waals surface area contributed by atoms with Crippen molar-refractivity contribution < 1.29 is 13.2 Å². The molecule has 2 aromatic rings. The molecule has 5 heteroatoms. The third-order valence-electron chi connectivity index (χ3n) is 4.13. The van der Waals surface area contributed by atoms with E-state index in [1.54, 1.807) is 12.1 Å². The van der Waals surface area contributed by atoms with Crippen molar-refractivity contribution in [2.45, 2.75) is 23.0 Å². The van der Waals surface area contributed by atoms with Gasteiger partial charge in [0.05, 0.1) is 10.1 Å². The molecule has 0 aromatic heterocycles. The Morgan fingerprint density at radius 3 is 2.14 bits per heavy atom. The number of rotatable bonds is 4. The fourth-order valence-corrected chi connectivity index (χ4v) is 5.09. The first-order valence-electron chi connectivity index (χ1n) is 6.96. The average Bonchev–Trinajstić information content (AvgIpc) is 3.24. The maximum Gasteiger partial charge on any atom is 0.182 e. The Kier molecular flexibility index (Phi) is 3.83. The largest absolute Gasteiger partial charge is 0.303 e. The summed E-state index contributed by atoms with van der Waals surface area (Å²) in [7, 11) is -3.54. The Balaban J connectivity index is 1.95. The summed E-state index contributed by atoms with van der Waals surface area (Å²) in [5, 5.41) is -0.203. The predicted octanol–water partition coefficient (Wildman–Crippen LogP) is 3.40. The van der Waals surface area contributed by atoms with E-state index in [-0.39, 0.29) is 10.8 Å². The van der Waals surface area contributed by atoms with Crippen LogP contribution >= 0.6 is 11.6 Å². The molecule has 1 aliphatic rings. The standard InChI is InChI=1S/C17H15ClO3S/c1-11-2-4-12(5-3-11)16-15(10-19)17(16)22(20,21)14-8-6-13(18)7-9-14/h2-10,15-17H,1H3/t15-,16-,17+/m1/s1. The van der Waals surface area contributed by atoms with Gasteiger partial charge in [0, 0.05) is 16.9 Å². The Labute approximate surface area is 134 Å². The summed E-state index contributed by atoms with van der Waals surface area (Å²) in [5.74, 6) is -0.748. The highest BCUT2D eigenvalue weighted by Crippen LogP contribution is 2.52. The molecule has 0 amide bonds. The van der Waals surface area contributed by atoms with Gasteiger partial charge in [-0.3, -0.25) is 0 Å². The topological polar surface area (TPSA) is 51.2 Å². The predicted molar refractivity (Wildman–Crippen MR) is 85.9 cm³/mol. The van der Waals surface area contributed by atoms with E-state index >= 15 is 0 Å². The highest BCUT2D eigenvalue weighted by Gasteiger charge is 2.58. The molecule has 0 bridgehead atoms. The number of hydrogen-bond donors (Lipinski definition) is 0. The van der Waals surface area contributed by atoms with E-state index in [9.17, 15) is 13.2 Å². The third kappa shape index (κ3) is 2.57. The number of sulfone groups is 1. The minimum absolute atomic E-state index is 0.211. The van der Waals surface area contributed by atoms with Crippen molar-refractivity contribution in [3.05, 3.63) is 64.7 Å². The molecule has 0 spiro atoms. The molecule has 0 unspecified atom stereocenters. The van der Waals surface area contributed by atoms with E-state index in [0.29, 0.717) is 5.02 Å². The molecule has 3 nitrogen and oxygen atoms in total. The van der Waals surface area contributed by atoms with Crippen LogP contribution in [0.4, 0.5) is 0 Å². The van der Waals surface area contributed by atoms with Crippen LogP contribution in [-0.2, 0) is 14.6 Å². The van der Waals surface area contributed by atoms with Crippen LogP contribution in [-0.4, -0.2) is 20.0 Å². The molecule has 1 aliphatic carbocycles. The molecule has 22 heavy (non-hydrogen) atoms. The maximum atomic E-state index is 12.7. The zero-order valence-electron chi connectivity index (χ0n) is 11.9. The van der Waals surface area contributed by atoms with Crippen molar-refractivity contribution in [3.8, 4) is 0 Å². The van der Waals surface area contributed by atoms with Gasteiger partial charge in [-0.15, -0.1) is 0 Å². The van der Waals surface area contributed by atoms with Crippen LogP contribution in [0.1, 0.15) is 17.0 Å². The third-order valence-corrected chi connectivity index (χ3v) is 6.63. The van der Waals surface area contributed by atoms with Crippen molar-refractivity contribution in [1.29, 1.82) is 0 Å². The van der Waals surface area contributed by atoms with E-state index in [4.69, 9.17) is 11.6 Å². The normalized spacial score (nSPS) is 24.0. The number of benzene rings is 2. The molecule has 0 saturated heterocycles. The molecule has 0 N–H and O–H groups in total. The Hall–Kier alpha value is -1.65. The van der Waals surface area contributed by atoms with Gasteiger partial charge in [0.15, 0.2) is 9.84 Å². The SMILES string of the molecule is Cc1ccc([C@@H]2[C@@H](C=O)[C@@H]2S(=O)(=O)c2ccc(Cl)cc2)cc1. The van der Waals surface area contributed by atoms with Crippen LogP contribution in [0.15, 0.2) is 53.4 Å². The zero-order chi connectivity index (χ0) is 15.9. The van der Waals surface area contributed by atoms with Gasteiger partial charge in [0.25, 0.3) is 0 Å². The van der Waals surface area contributed by atoms with E-state index in [1.165, 1.54) is 12.1 Å². The summed E-state index contributed by atoms with van der Waals surface area (Å²) in [6.07, 6.45) is 0.753. The number of carbonyl (C=O) groups is 1. The molecule has 3 rings (SSSR count). The summed E-state index contributed by atoms with van der Waals surface area (Å²) in [6.45, 7) is 1.97. The molecular weight excluding hydrogens is 320 g/mol. The van der Waals surface area contributed by atoms with Gasteiger partial charge in [-0.25, -0.2) is 8.42 Å². The Morgan fingerprint density at radius 1 is 1.00 bits per heavy atom. The monoisotopic (exact) mass is 334 g/mol. The highest BCUT2D eigenvalue weighted by atomic mass is 35.5. The average molecular weight is 335 g/mol.